The zero-order valence-corrected chi connectivity index (χ0v) is 11.9. The number of aldehydes is 1. The van der Waals surface area contributed by atoms with Crippen molar-refractivity contribution in [3.05, 3.63) is 28.7 Å². The monoisotopic (exact) mass is 314 g/mol. The Morgan fingerprint density at radius 1 is 1.33 bits per heavy atom. The lowest BCUT2D eigenvalue weighted by atomic mass is 9.90. The molecule has 0 aromatic heterocycles. The van der Waals surface area contributed by atoms with Crippen molar-refractivity contribution in [3.8, 4) is 5.75 Å². The van der Waals surface area contributed by atoms with Gasteiger partial charge in [0, 0.05) is 10.9 Å². The molecule has 1 aromatic carbocycles. The second kappa shape index (κ2) is 6.54. The Labute approximate surface area is 114 Å². The molecule has 1 aromatic rings. The van der Waals surface area contributed by atoms with Gasteiger partial charge in [-0.3, -0.25) is 4.79 Å². The van der Waals surface area contributed by atoms with E-state index in [1.807, 2.05) is 12.1 Å². The molecule has 0 atom stereocenters. The highest BCUT2D eigenvalue weighted by Crippen LogP contribution is 2.21. The molecule has 0 aliphatic carbocycles. The van der Waals surface area contributed by atoms with Gasteiger partial charge < -0.3 is 14.3 Å². The Bertz CT molecular complexity index is 412. The van der Waals surface area contributed by atoms with E-state index < -0.39 is 11.4 Å². The molecule has 18 heavy (non-hydrogen) atoms. The molecule has 0 saturated heterocycles. The Morgan fingerprint density at radius 2 is 1.94 bits per heavy atom. The first-order valence-corrected chi connectivity index (χ1v) is 6.24. The van der Waals surface area contributed by atoms with Gasteiger partial charge in [-0.2, -0.15) is 0 Å². The smallest absolute Gasteiger partial charge is 0.314 e. The van der Waals surface area contributed by atoms with E-state index in [1.54, 1.807) is 26.0 Å². The summed E-state index contributed by atoms with van der Waals surface area (Å²) in [5.41, 5.74) is -0.815. The van der Waals surface area contributed by atoms with E-state index in [9.17, 15) is 9.59 Å². The number of ether oxygens (including phenoxy) is 2. The van der Waals surface area contributed by atoms with Crippen molar-refractivity contribution in [3.63, 3.8) is 0 Å². The largest absolute Gasteiger partial charge is 0.457 e. The van der Waals surface area contributed by atoms with Crippen molar-refractivity contribution < 1.29 is 19.1 Å². The lowest BCUT2D eigenvalue weighted by Crippen LogP contribution is -2.28. The summed E-state index contributed by atoms with van der Waals surface area (Å²) in [6.45, 7) is 3.15. The fraction of sp³-hybridized carbons (Fsp3) is 0.385. The Hall–Kier alpha value is -1.36. The van der Waals surface area contributed by atoms with Crippen molar-refractivity contribution >= 4 is 28.2 Å². The molecule has 1 rings (SSSR count). The Balaban J connectivity index is 2.40. The molecular weight excluding hydrogens is 300 g/mol. The third-order valence-corrected chi connectivity index (χ3v) is 2.90. The molecule has 0 unspecified atom stereocenters. The van der Waals surface area contributed by atoms with Gasteiger partial charge in [0.1, 0.15) is 12.0 Å². The minimum atomic E-state index is -0.815. The van der Waals surface area contributed by atoms with Crippen LogP contribution in [0.5, 0.6) is 5.75 Å². The SMILES string of the molecule is CC(C)(CC=O)C(=O)OCOc1ccc(Br)cc1. The average Bonchev–Trinajstić information content (AvgIpc) is 2.31. The Morgan fingerprint density at radius 3 is 2.50 bits per heavy atom. The number of benzene rings is 1. The molecule has 0 spiro atoms. The maximum absolute atomic E-state index is 11.6. The van der Waals surface area contributed by atoms with Gasteiger partial charge in [0.2, 0.25) is 6.79 Å². The van der Waals surface area contributed by atoms with Crippen molar-refractivity contribution in [2.24, 2.45) is 5.41 Å². The van der Waals surface area contributed by atoms with Crippen LogP contribution >= 0.6 is 15.9 Å². The van der Waals surface area contributed by atoms with Gasteiger partial charge in [0.05, 0.1) is 5.41 Å². The number of rotatable bonds is 6. The van der Waals surface area contributed by atoms with Gasteiger partial charge in [-0.15, -0.1) is 0 Å². The maximum Gasteiger partial charge on any atom is 0.314 e. The van der Waals surface area contributed by atoms with Crippen LogP contribution in [0.15, 0.2) is 28.7 Å². The predicted molar refractivity (Wildman–Crippen MR) is 70.2 cm³/mol. The van der Waals surface area contributed by atoms with E-state index in [4.69, 9.17) is 9.47 Å². The number of carbonyl (C=O) groups is 2. The zero-order valence-electron chi connectivity index (χ0n) is 10.3. The molecule has 0 saturated carbocycles. The summed E-state index contributed by atoms with van der Waals surface area (Å²) in [4.78, 5) is 22.0. The topological polar surface area (TPSA) is 52.6 Å². The summed E-state index contributed by atoms with van der Waals surface area (Å²) in [5, 5.41) is 0. The quantitative estimate of drug-likeness (QED) is 0.460. The summed E-state index contributed by atoms with van der Waals surface area (Å²) in [6.07, 6.45) is 0.834. The van der Waals surface area contributed by atoms with Gasteiger partial charge in [0.15, 0.2) is 0 Å². The van der Waals surface area contributed by atoms with Crippen LogP contribution in [0, 0.1) is 5.41 Å². The number of esters is 1. The number of halogens is 1. The lowest BCUT2D eigenvalue weighted by molar-refractivity contribution is -0.161. The molecule has 0 N–H and O–H groups in total. The molecule has 4 nitrogen and oxygen atoms in total. The van der Waals surface area contributed by atoms with Gasteiger partial charge in [-0.25, -0.2) is 0 Å². The maximum atomic E-state index is 11.6. The van der Waals surface area contributed by atoms with Crippen molar-refractivity contribution in [1.82, 2.24) is 0 Å². The van der Waals surface area contributed by atoms with E-state index in [-0.39, 0.29) is 13.2 Å². The molecule has 0 radical (unpaired) electrons. The van der Waals surface area contributed by atoms with Crippen molar-refractivity contribution in [2.45, 2.75) is 20.3 Å². The fourth-order valence-electron chi connectivity index (χ4n) is 1.17. The minimum absolute atomic E-state index is 0.129. The first-order chi connectivity index (χ1) is 8.45. The van der Waals surface area contributed by atoms with Crippen LogP contribution in [0.4, 0.5) is 0 Å². The summed E-state index contributed by atoms with van der Waals surface area (Å²) >= 11 is 3.31. The normalized spacial score (nSPS) is 10.8. The zero-order chi connectivity index (χ0) is 13.6. The highest BCUT2D eigenvalue weighted by Gasteiger charge is 2.28. The summed E-state index contributed by atoms with van der Waals surface area (Å²) in [6, 6.07) is 7.17. The molecule has 0 aliphatic rings. The van der Waals surface area contributed by atoms with Gasteiger partial charge in [-0.05, 0) is 38.1 Å². The fourth-order valence-corrected chi connectivity index (χ4v) is 1.43. The highest BCUT2D eigenvalue weighted by atomic mass is 79.9. The number of hydrogen-bond acceptors (Lipinski definition) is 4. The van der Waals surface area contributed by atoms with Crippen molar-refractivity contribution in [2.75, 3.05) is 6.79 Å². The predicted octanol–water partition coefficient (Wildman–Crippen LogP) is 2.94. The molecule has 0 heterocycles. The van der Waals surface area contributed by atoms with Gasteiger partial charge >= 0.3 is 5.97 Å². The average molecular weight is 315 g/mol. The van der Waals surface area contributed by atoms with Crippen LogP contribution in [0.25, 0.3) is 0 Å². The van der Waals surface area contributed by atoms with Gasteiger partial charge in [-0.1, -0.05) is 15.9 Å². The first kappa shape index (κ1) is 14.7. The van der Waals surface area contributed by atoms with E-state index in [0.717, 1.165) is 4.47 Å². The van der Waals surface area contributed by atoms with Crippen LogP contribution in [-0.2, 0) is 14.3 Å². The molecule has 0 aliphatic heterocycles. The van der Waals surface area contributed by atoms with Crippen molar-refractivity contribution in [1.29, 1.82) is 0 Å². The molecule has 5 heteroatoms. The second-order valence-electron chi connectivity index (χ2n) is 4.40. The second-order valence-corrected chi connectivity index (χ2v) is 5.32. The van der Waals surface area contributed by atoms with E-state index in [0.29, 0.717) is 12.0 Å². The molecular formula is C13H15BrO4. The molecule has 0 bridgehead atoms. The van der Waals surface area contributed by atoms with Crippen LogP contribution in [0.2, 0.25) is 0 Å². The summed E-state index contributed by atoms with van der Waals surface area (Å²) in [7, 11) is 0. The summed E-state index contributed by atoms with van der Waals surface area (Å²) in [5.74, 6) is 0.158. The number of hydrogen-bond donors (Lipinski definition) is 0. The molecule has 98 valence electrons. The first-order valence-electron chi connectivity index (χ1n) is 5.45. The van der Waals surface area contributed by atoms with Crippen LogP contribution in [-0.4, -0.2) is 19.0 Å². The van der Waals surface area contributed by atoms with Crippen LogP contribution in [0.3, 0.4) is 0 Å². The Kier molecular flexibility index (Phi) is 5.34. The van der Waals surface area contributed by atoms with Crippen LogP contribution < -0.4 is 4.74 Å². The summed E-state index contributed by atoms with van der Waals surface area (Å²) < 4.78 is 11.2. The standard InChI is InChI=1S/C13H15BrO4/c1-13(2,7-8-15)12(16)18-9-17-11-5-3-10(14)4-6-11/h3-6,8H,7,9H2,1-2H3. The van der Waals surface area contributed by atoms with Gasteiger partial charge in [0.25, 0.3) is 0 Å². The minimum Gasteiger partial charge on any atom is -0.457 e. The number of carbonyl (C=O) groups excluding carboxylic acids is 2. The van der Waals surface area contributed by atoms with E-state index in [1.165, 1.54) is 0 Å². The lowest BCUT2D eigenvalue weighted by Gasteiger charge is -2.19. The molecule has 0 amide bonds. The molecule has 0 fully saturated rings. The third-order valence-electron chi connectivity index (χ3n) is 2.38. The van der Waals surface area contributed by atoms with Crippen LogP contribution in [0.1, 0.15) is 20.3 Å². The third kappa shape index (κ3) is 4.49. The van der Waals surface area contributed by atoms with E-state index >= 15 is 0 Å². The highest BCUT2D eigenvalue weighted by molar-refractivity contribution is 9.10. The van der Waals surface area contributed by atoms with E-state index in [2.05, 4.69) is 15.9 Å².